The highest BCUT2D eigenvalue weighted by Gasteiger charge is 2.43. The second-order valence-corrected chi connectivity index (χ2v) is 8.66. The number of hydrogen-bond donors (Lipinski definition) is 2. The van der Waals surface area contributed by atoms with Crippen LogP contribution in [-0.4, -0.2) is 78.2 Å². The number of nitrogens with one attached hydrogen (secondary N) is 1. The third-order valence-corrected chi connectivity index (χ3v) is 6.08. The molecule has 3 rings (SSSR count). The highest BCUT2D eigenvalue weighted by Crippen LogP contribution is 2.33. The molecule has 0 aromatic carbocycles. The number of alkyl halides is 3. The van der Waals surface area contributed by atoms with Crippen molar-refractivity contribution >= 4 is 11.8 Å². The molecule has 11 heteroatoms. The molecule has 0 aliphatic carbocycles. The fourth-order valence-corrected chi connectivity index (χ4v) is 4.10. The van der Waals surface area contributed by atoms with Crippen molar-refractivity contribution in [2.75, 3.05) is 44.7 Å². The van der Waals surface area contributed by atoms with E-state index < -0.39 is 12.1 Å². The molecule has 34 heavy (non-hydrogen) atoms. The molecule has 0 bridgehead atoms. The average Bonchev–Trinajstić information content (AvgIpc) is 3.10. The summed E-state index contributed by atoms with van der Waals surface area (Å²) >= 11 is 0. The fraction of sp³-hybridized carbons (Fsp3) is 0.696. The Hall–Kier alpha value is -2.42. The molecule has 0 radical (unpaired) electrons. The first-order valence-electron chi connectivity index (χ1n) is 11.5. The van der Waals surface area contributed by atoms with Crippen LogP contribution in [-0.2, 0) is 14.3 Å². The molecule has 2 N–H and O–H groups in total. The van der Waals surface area contributed by atoms with Gasteiger partial charge in [0.05, 0.1) is 24.9 Å². The largest absolute Gasteiger partial charge is 0.490 e. The van der Waals surface area contributed by atoms with E-state index in [1.165, 1.54) is 12.8 Å². The van der Waals surface area contributed by atoms with Gasteiger partial charge in [-0.1, -0.05) is 26.7 Å². The lowest BCUT2D eigenvalue weighted by Gasteiger charge is -2.33. The number of anilines is 1. The summed E-state index contributed by atoms with van der Waals surface area (Å²) in [6.07, 6.45) is 1.20. The molecule has 8 nitrogen and oxygen atoms in total. The van der Waals surface area contributed by atoms with Gasteiger partial charge >= 0.3 is 12.1 Å². The van der Waals surface area contributed by atoms with E-state index in [0.29, 0.717) is 12.2 Å². The highest BCUT2D eigenvalue weighted by atomic mass is 19.4. The van der Waals surface area contributed by atoms with Crippen LogP contribution in [0.3, 0.4) is 0 Å². The molecule has 0 amide bonds. The zero-order chi connectivity index (χ0) is 25.2. The third kappa shape index (κ3) is 8.74. The Morgan fingerprint density at radius 2 is 2.12 bits per heavy atom. The van der Waals surface area contributed by atoms with Gasteiger partial charge in [0.15, 0.2) is 0 Å². The maximum Gasteiger partial charge on any atom is 0.490 e. The summed E-state index contributed by atoms with van der Waals surface area (Å²) in [4.78, 5) is 15.7. The first-order valence-corrected chi connectivity index (χ1v) is 11.5. The Bertz CT molecular complexity index is 812. The van der Waals surface area contributed by atoms with Crippen molar-refractivity contribution in [3.63, 3.8) is 0 Å². The van der Waals surface area contributed by atoms with E-state index in [0.717, 1.165) is 57.4 Å². The minimum Gasteiger partial charge on any atom is -0.475 e. The molecule has 2 aliphatic rings. The molecule has 2 atom stereocenters. The van der Waals surface area contributed by atoms with Gasteiger partial charge in [-0.05, 0) is 30.9 Å². The number of aromatic nitrogens is 1. The van der Waals surface area contributed by atoms with Crippen LogP contribution in [0.5, 0.6) is 0 Å². The molecular formula is C23H33F3N4O4. The second-order valence-electron chi connectivity index (χ2n) is 8.66. The van der Waals surface area contributed by atoms with Gasteiger partial charge in [0.1, 0.15) is 17.5 Å². The molecule has 2 saturated heterocycles. The van der Waals surface area contributed by atoms with Crippen molar-refractivity contribution in [3.8, 4) is 6.07 Å². The number of carbonyl (C=O) groups is 1. The van der Waals surface area contributed by atoms with Crippen molar-refractivity contribution in [1.82, 2.24) is 9.88 Å². The molecule has 1 aromatic rings. The Labute approximate surface area is 198 Å². The Kier molecular flexibility index (Phi) is 10.5. The number of rotatable bonds is 7. The van der Waals surface area contributed by atoms with Gasteiger partial charge in [0.25, 0.3) is 0 Å². The van der Waals surface area contributed by atoms with Gasteiger partial charge in [-0.2, -0.15) is 18.4 Å². The van der Waals surface area contributed by atoms with Crippen LogP contribution in [0.25, 0.3) is 0 Å². The van der Waals surface area contributed by atoms with Gasteiger partial charge in [0, 0.05) is 32.4 Å². The molecule has 190 valence electrons. The number of ether oxygens (including phenoxy) is 2. The van der Waals surface area contributed by atoms with Gasteiger partial charge in [-0.15, -0.1) is 0 Å². The predicted molar refractivity (Wildman–Crippen MR) is 119 cm³/mol. The first kappa shape index (κ1) is 27.8. The van der Waals surface area contributed by atoms with Gasteiger partial charge in [0.2, 0.25) is 0 Å². The lowest BCUT2D eigenvalue weighted by Crippen LogP contribution is -2.46. The Balaban J connectivity index is 0.000000509. The molecular weight excluding hydrogens is 453 g/mol. The highest BCUT2D eigenvalue weighted by molar-refractivity contribution is 5.73. The number of carboxylic acid groups (broad SMARTS) is 1. The molecule has 3 heterocycles. The summed E-state index contributed by atoms with van der Waals surface area (Å²) in [5.74, 6) is -1.22. The lowest BCUT2D eigenvalue weighted by molar-refractivity contribution is -0.192. The Morgan fingerprint density at radius 3 is 2.68 bits per heavy atom. The normalized spacial score (nSPS) is 23.1. The van der Waals surface area contributed by atoms with Gasteiger partial charge in [-0.3, -0.25) is 4.90 Å². The van der Waals surface area contributed by atoms with Crippen molar-refractivity contribution in [2.24, 2.45) is 5.92 Å². The second kappa shape index (κ2) is 12.9. The summed E-state index contributed by atoms with van der Waals surface area (Å²) in [6.45, 7) is 9.88. The number of halogens is 3. The molecule has 0 saturated carbocycles. The standard InChI is InChI=1S/C21H32N4O2.C2HF3O2/c1-3-17(4-2)14-25-9-10-26-16-21(15-25)8-7-19(27-21)13-24-20-6-5-18(11-22)12-23-20;3-2(4,5)1(6)7/h5-6,12,17,19H,3-4,7-10,13-16H2,1-2H3,(H,23,24);(H,6,7). The van der Waals surface area contributed by atoms with Gasteiger partial charge < -0.3 is 19.9 Å². The maximum atomic E-state index is 10.6. The van der Waals surface area contributed by atoms with Crippen molar-refractivity contribution in [1.29, 1.82) is 5.26 Å². The maximum absolute atomic E-state index is 10.6. The molecule has 1 aromatic heterocycles. The predicted octanol–water partition coefficient (Wildman–Crippen LogP) is 3.68. The first-order chi connectivity index (χ1) is 16.1. The summed E-state index contributed by atoms with van der Waals surface area (Å²) in [5.41, 5.74) is 0.400. The lowest BCUT2D eigenvalue weighted by atomic mass is 9.98. The molecule has 1 spiro atoms. The van der Waals surface area contributed by atoms with Gasteiger partial charge in [-0.25, -0.2) is 9.78 Å². The van der Waals surface area contributed by atoms with E-state index in [1.54, 1.807) is 12.3 Å². The van der Waals surface area contributed by atoms with Crippen LogP contribution in [0.1, 0.15) is 45.1 Å². The minimum atomic E-state index is -5.08. The van der Waals surface area contributed by atoms with Crippen molar-refractivity contribution in [3.05, 3.63) is 23.9 Å². The topological polar surface area (TPSA) is 108 Å². The van der Waals surface area contributed by atoms with Crippen molar-refractivity contribution in [2.45, 2.75) is 57.4 Å². The quantitative estimate of drug-likeness (QED) is 0.601. The van der Waals surface area contributed by atoms with Crippen LogP contribution in [0.4, 0.5) is 19.0 Å². The number of pyridine rings is 1. The summed E-state index contributed by atoms with van der Waals surface area (Å²) < 4.78 is 44.2. The zero-order valence-electron chi connectivity index (χ0n) is 19.6. The van der Waals surface area contributed by atoms with E-state index in [-0.39, 0.29) is 11.7 Å². The fourth-order valence-electron chi connectivity index (χ4n) is 4.10. The van der Waals surface area contributed by atoms with Crippen molar-refractivity contribution < 1.29 is 32.5 Å². The van der Waals surface area contributed by atoms with E-state index in [9.17, 15) is 13.2 Å². The van der Waals surface area contributed by atoms with E-state index in [2.05, 4.69) is 35.1 Å². The van der Waals surface area contributed by atoms with Crippen LogP contribution in [0.15, 0.2) is 18.3 Å². The van der Waals surface area contributed by atoms with E-state index >= 15 is 0 Å². The van der Waals surface area contributed by atoms with Crippen LogP contribution < -0.4 is 5.32 Å². The smallest absolute Gasteiger partial charge is 0.475 e. The number of hydrogen-bond acceptors (Lipinski definition) is 7. The summed E-state index contributed by atoms with van der Waals surface area (Å²) in [7, 11) is 0. The average molecular weight is 487 g/mol. The summed E-state index contributed by atoms with van der Waals surface area (Å²) in [5, 5.41) is 19.3. The number of aliphatic carboxylic acids is 1. The zero-order valence-corrected chi connectivity index (χ0v) is 19.6. The van der Waals surface area contributed by atoms with Crippen LogP contribution >= 0.6 is 0 Å². The summed E-state index contributed by atoms with van der Waals surface area (Å²) in [6, 6.07) is 5.71. The number of nitriles is 1. The molecule has 2 unspecified atom stereocenters. The van der Waals surface area contributed by atoms with Crippen LogP contribution in [0, 0.1) is 17.2 Å². The monoisotopic (exact) mass is 486 g/mol. The van der Waals surface area contributed by atoms with E-state index in [4.69, 9.17) is 24.6 Å². The van der Waals surface area contributed by atoms with Crippen LogP contribution in [0.2, 0.25) is 0 Å². The third-order valence-electron chi connectivity index (χ3n) is 6.08. The van der Waals surface area contributed by atoms with E-state index in [1.807, 2.05) is 6.07 Å². The number of carboxylic acids is 1. The number of nitrogens with zero attached hydrogens (tertiary/aromatic N) is 3. The molecule has 2 aliphatic heterocycles. The minimum absolute atomic E-state index is 0.166. The Morgan fingerprint density at radius 1 is 1.41 bits per heavy atom. The molecule has 2 fully saturated rings. The SMILES string of the molecule is CCC(CC)CN1CCOCC2(CCC(CNc3ccc(C#N)cn3)O2)C1.O=C(O)C(F)(F)F.